The summed E-state index contributed by atoms with van der Waals surface area (Å²) in [5.74, 6) is 0. The molecule has 0 aromatic carbocycles. The lowest BCUT2D eigenvalue weighted by molar-refractivity contribution is 0.449. The summed E-state index contributed by atoms with van der Waals surface area (Å²) >= 11 is 0. The standard InChI is InChI=1S/C12H24FN/c13-11-9-7-5-3-1-2-4-6-8-10-12-14/h1-12H2. The molecule has 0 aromatic rings. The summed E-state index contributed by atoms with van der Waals surface area (Å²) in [4.78, 5) is 0. The Morgan fingerprint density at radius 1 is 0.571 bits per heavy atom. The van der Waals surface area contributed by atoms with E-state index in [2.05, 4.69) is 0 Å². The molecule has 0 aromatic heterocycles. The molecule has 0 aliphatic carbocycles. The molecule has 2 heteroatoms. The molecule has 0 saturated carbocycles. The van der Waals surface area contributed by atoms with Gasteiger partial charge in [-0.15, -0.1) is 5.73 Å². The third-order valence-electron chi connectivity index (χ3n) is 2.54. The van der Waals surface area contributed by atoms with Crippen LogP contribution in [0.5, 0.6) is 0 Å². The first kappa shape index (κ1) is 13.9. The molecule has 0 aliphatic heterocycles. The smallest absolute Gasteiger partial charge is 0.0894 e. The van der Waals surface area contributed by atoms with Crippen LogP contribution in [0.3, 0.4) is 0 Å². The molecule has 0 unspecified atom stereocenters. The van der Waals surface area contributed by atoms with Gasteiger partial charge in [-0.25, -0.2) is 0 Å². The van der Waals surface area contributed by atoms with Crippen molar-refractivity contribution in [3.8, 4) is 0 Å². The predicted molar refractivity (Wildman–Crippen MR) is 59.1 cm³/mol. The van der Waals surface area contributed by atoms with Crippen LogP contribution >= 0.6 is 0 Å². The lowest BCUT2D eigenvalue weighted by Crippen LogP contribution is -1.86. The van der Waals surface area contributed by atoms with Crippen molar-refractivity contribution in [3.05, 3.63) is 0 Å². The fraction of sp³-hybridized carbons (Fsp3) is 1.00. The second kappa shape index (κ2) is 12.9. The minimum absolute atomic E-state index is 0.152. The molecule has 0 aliphatic rings. The zero-order valence-corrected chi connectivity index (χ0v) is 9.31. The van der Waals surface area contributed by atoms with Crippen molar-refractivity contribution < 1.29 is 4.39 Å². The van der Waals surface area contributed by atoms with Gasteiger partial charge in [0.1, 0.15) is 0 Å². The highest BCUT2D eigenvalue weighted by Crippen LogP contribution is 2.10. The van der Waals surface area contributed by atoms with Gasteiger partial charge in [-0.3, -0.25) is 4.39 Å². The molecule has 2 radical (unpaired) electrons. The van der Waals surface area contributed by atoms with Crippen molar-refractivity contribution in [1.82, 2.24) is 5.73 Å². The number of nitrogens with zero attached hydrogens (tertiary/aromatic N) is 1. The molecule has 0 amide bonds. The van der Waals surface area contributed by atoms with Gasteiger partial charge in [0.05, 0.1) is 6.67 Å². The van der Waals surface area contributed by atoms with E-state index in [1.54, 1.807) is 0 Å². The highest BCUT2D eigenvalue weighted by Gasteiger charge is 1.92. The van der Waals surface area contributed by atoms with Crippen LogP contribution in [0.4, 0.5) is 4.39 Å². The largest absolute Gasteiger partial charge is 0.251 e. The molecule has 0 saturated heterocycles. The van der Waals surface area contributed by atoms with Gasteiger partial charge in [-0.05, 0) is 12.8 Å². The zero-order chi connectivity index (χ0) is 10.5. The number of alkyl halides is 1. The van der Waals surface area contributed by atoms with E-state index in [0.29, 0.717) is 6.54 Å². The molecule has 0 N–H and O–H groups in total. The van der Waals surface area contributed by atoms with Gasteiger partial charge in [0, 0.05) is 6.54 Å². The second-order valence-electron chi connectivity index (χ2n) is 3.95. The lowest BCUT2D eigenvalue weighted by Gasteiger charge is -2.00. The van der Waals surface area contributed by atoms with Crippen LogP contribution in [-0.4, -0.2) is 13.2 Å². The third kappa shape index (κ3) is 11.9. The summed E-state index contributed by atoms with van der Waals surface area (Å²) in [5, 5.41) is 0. The molecular formula is C12H24FN. The summed E-state index contributed by atoms with van der Waals surface area (Å²) in [6.45, 7) is 0.185. The Balaban J connectivity index is 2.78. The maximum atomic E-state index is 11.7. The summed E-state index contributed by atoms with van der Waals surface area (Å²) in [6, 6.07) is 0. The van der Waals surface area contributed by atoms with Crippen LogP contribution in [0.15, 0.2) is 0 Å². The molecule has 84 valence electrons. The number of unbranched alkanes of at least 4 members (excludes halogenated alkanes) is 9. The van der Waals surface area contributed by atoms with Gasteiger partial charge in [0.25, 0.3) is 0 Å². The van der Waals surface area contributed by atoms with Crippen LogP contribution in [-0.2, 0) is 0 Å². The van der Waals surface area contributed by atoms with Crippen molar-refractivity contribution in [1.29, 1.82) is 0 Å². The molecule has 0 heterocycles. The van der Waals surface area contributed by atoms with Crippen LogP contribution in [0.25, 0.3) is 0 Å². The fourth-order valence-corrected chi connectivity index (χ4v) is 1.62. The Labute approximate surface area is 88.3 Å². The Kier molecular flexibility index (Phi) is 12.8. The van der Waals surface area contributed by atoms with Gasteiger partial charge in [0.2, 0.25) is 0 Å². The normalized spacial score (nSPS) is 10.7. The maximum Gasteiger partial charge on any atom is 0.0894 e. The second-order valence-corrected chi connectivity index (χ2v) is 3.95. The van der Waals surface area contributed by atoms with Crippen molar-refractivity contribution in [2.24, 2.45) is 0 Å². The molecule has 0 fully saturated rings. The van der Waals surface area contributed by atoms with E-state index >= 15 is 0 Å². The van der Waals surface area contributed by atoms with Crippen molar-refractivity contribution in [3.63, 3.8) is 0 Å². The Bertz CT molecular complexity index is 84.3. The average molecular weight is 201 g/mol. The first-order valence-electron chi connectivity index (χ1n) is 6.08. The average Bonchev–Trinajstić information content (AvgIpc) is 2.21. The molecule has 1 nitrogen and oxygen atoms in total. The minimum atomic E-state index is -0.152. The van der Waals surface area contributed by atoms with E-state index in [-0.39, 0.29) is 6.67 Å². The van der Waals surface area contributed by atoms with Crippen LogP contribution in [0.2, 0.25) is 0 Å². The zero-order valence-electron chi connectivity index (χ0n) is 9.31. The lowest BCUT2D eigenvalue weighted by atomic mass is 10.1. The maximum absolute atomic E-state index is 11.7. The molecule has 0 bridgehead atoms. The van der Waals surface area contributed by atoms with Crippen molar-refractivity contribution >= 4 is 0 Å². The molecule has 0 spiro atoms. The monoisotopic (exact) mass is 201 g/mol. The molecule has 0 rings (SSSR count). The van der Waals surface area contributed by atoms with Gasteiger partial charge in [-0.1, -0.05) is 51.4 Å². The van der Waals surface area contributed by atoms with E-state index in [1.165, 1.54) is 44.9 Å². The van der Waals surface area contributed by atoms with Gasteiger partial charge < -0.3 is 0 Å². The highest BCUT2D eigenvalue weighted by atomic mass is 19.1. The van der Waals surface area contributed by atoms with Gasteiger partial charge in [-0.2, -0.15) is 0 Å². The number of rotatable bonds is 11. The summed E-state index contributed by atoms with van der Waals surface area (Å²) in [5.41, 5.74) is 8.56. The molecule has 14 heavy (non-hydrogen) atoms. The van der Waals surface area contributed by atoms with Gasteiger partial charge >= 0.3 is 0 Å². The summed E-state index contributed by atoms with van der Waals surface area (Å²) in [6.07, 6.45) is 11.5. The highest BCUT2D eigenvalue weighted by molar-refractivity contribution is 4.47. The summed E-state index contributed by atoms with van der Waals surface area (Å²) in [7, 11) is 0. The van der Waals surface area contributed by atoms with E-state index in [0.717, 1.165) is 19.3 Å². The van der Waals surface area contributed by atoms with E-state index in [9.17, 15) is 4.39 Å². The van der Waals surface area contributed by atoms with Crippen LogP contribution in [0.1, 0.15) is 64.2 Å². The van der Waals surface area contributed by atoms with E-state index < -0.39 is 0 Å². The van der Waals surface area contributed by atoms with Gasteiger partial charge in [0.15, 0.2) is 0 Å². The first-order chi connectivity index (χ1) is 6.91. The van der Waals surface area contributed by atoms with Crippen LogP contribution < -0.4 is 5.73 Å². The van der Waals surface area contributed by atoms with Crippen molar-refractivity contribution in [2.45, 2.75) is 64.2 Å². The number of halogens is 1. The SMILES string of the molecule is [N]CCCCCCCCCCCCF. The number of hydrogen-bond donors (Lipinski definition) is 0. The first-order valence-corrected chi connectivity index (χ1v) is 6.08. The fourth-order valence-electron chi connectivity index (χ4n) is 1.62. The van der Waals surface area contributed by atoms with Crippen molar-refractivity contribution in [2.75, 3.05) is 13.2 Å². The third-order valence-corrected chi connectivity index (χ3v) is 2.54. The Morgan fingerprint density at radius 3 is 1.29 bits per heavy atom. The predicted octanol–water partition coefficient (Wildman–Crippen LogP) is 3.93. The van der Waals surface area contributed by atoms with Crippen LogP contribution in [0, 0.1) is 0 Å². The Hall–Kier alpha value is -0.110. The van der Waals surface area contributed by atoms with E-state index in [4.69, 9.17) is 5.73 Å². The quantitative estimate of drug-likeness (QED) is 0.452. The minimum Gasteiger partial charge on any atom is -0.251 e. The van der Waals surface area contributed by atoms with E-state index in [1.807, 2.05) is 0 Å². The Morgan fingerprint density at radius 2 is 0.929 bits per heavy atom. The molecular weight excluding hydrogens is 177 g/mol. The summed E-state index contributed by atoms with van der Waals surface area (Å²) < 4.78 is 11.7. The topological polar surface area (TPSA) is 22.3 Å². The molecule has 0 atom stereocenters. The number of hydrogen-bond acceptors (Lipinski definition) is 0.